The molecule has 20 heavy (non-hydrogen) atoms. The molecular formula is C17H18BrClO. The number of hydrogen-bond acceptors (Lipinski definition) is 1. The first-order valence-corrected chi connectivity index (χ1v) is 7.97. The lowest BCUT2D eigenvalue weighted by molar-refractivity contribution is 0.468. The fourth-order valence-corrected chi connectivity index (χ4v) is 2.62. The molecule has 0 aliphatic carbocycles. The summed E-state index contributed by atoms with van der Waals surface area (Å²) in [7, 11) is 0. The van der Waals surface area contributed by atoms with Crippen LogP contribution in [0.4, 0.5) is 0 Å². The molecule has 1 nitrogen and oxygen atoms in total. The Kier molecular flexibility index (Phi) is 5.11. The number of rotatable bonds is 4. The summed E-state index contributed by atoms with van der Waals surface area (Å²) in [6.45, 7) is 6.40. The van der Waals surface area contributed by atoms with E-state index in [-0.39, 0.29) is 0 Å². The molecule has 0 amide bonds. The average molecular weight is 354 g/mol. The van der Waals surface area contributed by atoms with Crippen LogP contribution in [0.15, 0.2) is 40.9 Å². The van der Waals surface area contributed by atoms with Crippen molar-refractivity contribution in [2.24, 2.45) is 0 Å². The van der Waals surface area contributed by atoms with Crippen LogP contribution in [0.3, 0.4) is 0 Å². The van der Waals surface area contributed by atoms with Crippen LogP contribution in [0.1, 0.15) is 36.5 Å². The second-order valence-electron chi connectivity index (χ2n) is 5.18. The van der Waals surface area contributed by atoms with E-state index in [0.717, 1.165) is 21.5 Å². The van der Waals surface area contributed by atoms with Gasteiger partial charge in [0.2, 0.25) is 0 Å². The van der Waals surface area contributed by atoms with Crippen LogP contribution in [0.2, 0.25) is 0 Å². The first-order chi connectivity index (χ1) is 9.51. The minimum atomic E-state index is 0.414. The molecule has 0 bridgehead atoms. The van der Waals surface area contributed by atoms with Gasteiger partial charge in [-0.25, -0.2) is 0 Å². The number of benzene rings is 2. The summed E-state index contributed by atoms with van der Waals surface area (Å²) < 4.78 is 7.13. The number of ether oxygens (including phenoxy) is 1. The summed E-state index contributed by atoms with van der Waals surface area (Å²) in [5, 5.41) is 0. The van der Waals surface area contributed by atoms with Crippen LogP contribution in [0.25, 0.3) is 0 Å². The SMILES string of the molecule is Cc1ccc(C(C)C)c(Oc2cc(Br)ccc2CCl)c1. The van der Waals surface area contributed by atoms with Gasteiger partial charge >= 0.3 is 0 Å². The molecule has 0 unspecified atom stereocenters. The average Bonchev–Trinajstić information content (AvgIpc) is 2.38. The minimum absolute atomic E-state index is 0.414. The van der Waals surface area contributed by atoms with E-state index in [1.165, 1.54) is 11.1 Å². The molecular weight excluding hydrogens is 336 g/mol. The van der Waals surface area contributed by atoms with E-state index >= 15 is 0 Å². The van der Waals surface area contributed by atoms with Gasteiger partial charge < -0.3 is 4.74 Å². The fourth-order valence-electron chi connectivity index (χ4n) is 2.06. The Labute approximate surface area is 134 Å². The van der Waals surface area contributed by atoms with Crippen molar-refractivity contribution in [3.63, 3.8) is 0 Å². The lowest BCUT2D eigenvalue weighted by Gasteiger charge is -2.16. The Balaban J connectivity index is 2.44. The Bertz CT molecular complexity index is 608. The molecule has 0 radical (unpaired) electrons. The highest BCUT2D eigenvalue weighted by Gasteiger charge is 2.11. The van der Waals surface area contributed by atoms with Gasteiger partial charge in [0.1, 0.15) is 11.5 Å². The molecule has 0 aromatic heterocycles. The van der Waals surface area contributed by atoms with E-state index < -0.39 is 0 Å². The summed E-state index contributed by atoms with van der Waals surface area (Å²) in [6, 6.07) is 12.2. The maximum atomic E-state index is 6.14. The topological polar surface area (TPSA) is 9.23 Å². The fraction of sp³-hybridized carbons (Fsp3) is 0.294. The molecule has 0 N–H and O–H groups in total. The van der Waals surface area contributed by atoms with Gasteiger partial charge in [0.25, 0.3) is 0 Å². The van der Waals surface area contributed by atoms with Gasteiger partial charge in [0.15, 0.2) is 0 Å². The van der Waals surface area contributed by atoms with Crippen molar-refractivity contribution in [3.8, 4) is 11.5 Å². The molecule has 0 saturated heterocycles. The highest BCUT2D eigenvalue weighted by Crippen LogP contribution is 2.34. The van der Waals surface area contributed by atoms with Crippen LogP contribution in [-0.2, 0) is 5.88 Å². The Morgan fingerprint density at radius 3 is 2.50 bits per heavy atom. The predicted molar refractivity (Wildman–Crippen MR) is 89.0 cm³/mol. The monoisotopic (exact) mass is 352 g/mol. The van der Waals surface area contributed by atoms with Crippen LogP contribution < -0.4 is 4.74 Å². The summed E-state index contributed by atoms with van der Waals surface area (Å²) in [4.78, 5) is 0. The second kappa shape index (κ2) is 6.64. The molecule has 2 aromatic carbocycles. The molecule has 0 saturated carbocycles. The van der Waals surface area contributed by atoms with Gasteiger partial charge in [-0.1, -0.05) is 48.0 Å². The van der Waals surface area contributed by atoms with Gasteiger partial charge in [-0.2, -0.15) is 0 Å². The normalized spacial score (nSPS) is 10.9. The van der Waals surface area contributed by atoms with Gasteiger partial charge in [-0.15, -0.1) is 11.6 Å². The van der Waals surface area contributed by atoms with E-state index in [2.05, 4.69) is 54.9 Å². The van der Waals surface area contributed by atoms with Gasteiger partial charge in [-0.05, 0) is 42.2 Å². The lowest BCUT2D eigenvalue weighted by Crippen LogP contribution is -1.96. The van der Waals surface area contributed by atoms with E-state index in [4.69, 9.17) is 16.3 Å². The van der Waals surface area contributed by atoms with Gasteiger partial charge in [0, 0.05) is 10.0 Å². The van der Waals surface area contributed by atoms with Gasteiger partial charge in [-0.3, -0.25) is 0 Å². The van der Waals surface area contributed by atoms with E-state index in [0.29, 0.717) is 11.8 Å². The number of hydrogen-bond donors (Lipinski definition) is 0. The Morgan fingerprint density at radius 2 is 1.85 bits per heavy atom. The molecule has 0 spiro atoms. The maximum absolute atomic E-state index is 6.14. The third-order valence-electron chi connectivity index (χ3n) is 3.18. The van der Waals surface area contributed by atoms with Crippen molar-refractivity contribution < 1.29 is 4.74 Å². The van der Waals surface area contributed by atoms with E-state index in [1.54, 1.807) is 0 Å². The predicted octanol–water partition coefficient (Wildman–Crippen LogP) is 6.41. The Morgan fingerprint density at radius 1 is 1.10 bits per heavy atom. The zero-order chi connectivity index (χ0) is 14.7. The smallest absolute Gasteiger partial charge is 0.132 e. The Hall–Kier alpha value is -0.990. The van der Waals surface area contributed by atoms with Crippen LogP contribution in [0.5, 0.6) is 11.5 Å². The van der Waals surface area contributed by atoms with Crippen molar-refractivity contribution in [2.75, 3.05) is 0 Å². The maximum Gasteiger partial charge on any atom is 0.132 e. The molecule has 106 valence electrons. The summed E-state index contributed by atoms with van der Waals surface area (Å²) in [5.41, 5.74) is 3.38. The lowest BCUT2D eigenvalue weighted by atomic mass is 10.0. The molecule has 2 aromatic rings. The van der Waals surface area contributed by atoms with Crippen LogP contribution in [-0.4, -0.2) is 0 Å². The quantitative estimate of drug-likeness (QED) is 0.577. The van der Waals surface area contributed by atoms with Gasteiger partial charge in [0.05, 0.1) is 5.88 Å². The molecule has 0 fully saturated rings. The number of aryl methyl sites for hydroxylation is 1. The first kappa shape index (κ1) is 15.4. The number of halogens is 2. The number of alkyl halides is 1. The molecule has 0 atom stereocenters. The molecule has 0 aliphatic rings. The molecule has 0 heterocycles. The van der Waals surface area contributed by atoms with Crippen molar-refractivity contribution in [2.45, 2.75) is 32.6 Å². The third-order valence-corrected chi connectivity index (χ3v) is 3.97. The molecule has 3 heteroatoms. The van der Waals surface area contributed by atoms with Crippen molar-refractivity contribution >= 4 is 27.5 Å². The minimum Gasteiger partial charge on any atom is -0.457 e. The first-order valence-electron chi connectivity index (χ1n) is 6.64. The zero-order valence-corrected chi connectivity index (χ0v) is 14.3. The molecule has 0 aliphatic heterocycles. The van der Waals surface area contributed by atoms with Crippen LogP contribution >= 0.6 is 27.5 Å². The molecule has 2 rings (SSSR count). The van der Waals surface area contributed by atoms with E-state index in [9.17, 15) is 0 Å². The highest BCUT2D eigenvalue weighted by atomic mass is 79.9. The van der Waals surface area contributed by atoms with Crippen molar-refractivity contribution in [1.82, 2.24) is 0 Å². The largest absolute Gasteiger partial charge is 0.457 e. The summed E-state index contributed by atoms with van der Waals surface area (Å²) in [6.07, 6.45) is 0. The van der Waals surface area contributed by atoms with E-state index in [1.807, 2.05) is 18.2 Å². The van der Waals surface area contributed by atoms with Crippen molar-refractivity contribution in [1.29, 1.82) is 0 Å². The third kappa shape index (κ3) is 3.56. The second-order valence-corrected chi connectivity index (χ2v) is 6.37. The summed E-state index contributed by atoms with van der Waals surface area (Å²) in [5.74, 6) is 2.56. The standard InChI is InChI=1S/C17H18BrClO/c1-11(2)15-7-4-12(3)8-17(15)20-16-9-14(18)6-5-13(16)10-19/h4-9,11H,10H2,1-3H3. The highest BCUT2D eigenvalue weighted by molar-refractivity contribution is 9.10. The van der Waals surface area contributed by atoms with Crippen molar-refractivity contribution in [3.05, 3.63) is 57.6 Å². The summed E-state index contributed by atoms with van der Waals surface area (Å²) >= 11 is 9.47. The zero-order valence-electron chi connectivity index (χ0n) is 11.9. The van der Waals surface area contributed by atoms with Crippen LogP contribution in [0, 0.1) is 6.92 Å².